The zero-order valence-corrected chi connectivity index (χ0v) is 14.3. The summed E-state index contributed by atoms with van der Waals surface area (Å²) in [6.07, 6.45) is 6.07. The number of rotatable bonds is 2. The molecule has 0 fully saturated rings. The molecule has 0 aliphatic heterocycles. The number of aromatic nitrogens is 4. The molecular weight excluding hydrogens is 368 g/mol. The van der Waals surface area contributed by atoms with Gasteiger partial charge < -0.3 is 30.4 Å². The molecule has 144 valence electrons. The van der Waals surface area contributed by atoms with Crippen LogP contribution in [0.3, 0.4) is 0 Å². The van der Waals surface area contributed by atoms with Crippen LogP contribution < -0.4 is 4.73 Å². The minimum atomic E-state index is -0.475. The summed E-state index contributed by atoms with van der Waals surface area (Å²) in [6, 6.07) is 10.8. The van der Waals surface area contributed by atoms with Crippen LogP contribution in [0.5, 0.6) is 17.2 Å². The maximum Gasteiger partial charge on any atom is 0.248 e. The van der Waals surface area contributed by atoms with Crippen LogP contribution in [0.4, 0.5) is 0 Å². The summed E-state index contributed by atoms with van der Waals surface area (Å²) in [5, 5.41) is 44.9. The standard InChI is InChI=1S/C12H8N4O2.C6H6O3.H2O/c17-16-7-3-10(4-8-16)12-15-14-11(18-12)9-1-5-13-6-2-9;7-4-2-1-3-5(8)6(4)9;/h1-8H;1-3,7-9H;1H2. The third-order valence-electron chi connectivity index (χ3n) is 3.39. The highest BCUT2D eigenvalue weighted by atomic mass is 16.5. The summed E-state index contributed by atoms with van der Waals surface area (Å²) in [7, 11) is 0. The van der Waals surface area contributed by atoms with Crippen LogP contribution in [0.2, 0.25) is 0 Å². The molecule has 0 aliphatic rings. The molecule has 0 amide bonds. The van der Waals surface area contributed by atoms with E-state index >= 15 is 0 Å². The Morgan fingerprint density at radius 1 is 0.786 bits per heavy atom. The highest BCUT2D eigenvalue weighted by Crippen LogP contribution is 2.32. The Morgan fingerprint density at radius 3 is 1.79 bits per heavy atom. The van der Waals surface area contributed by atoms with E-state index in [2.05, 4.69) is 15.2 Å². The van der Waals surface area contributed by atoms with Gasteiger partial charge in [0.15, 0.2) is 29.6 Å². The number of hydrogen-bond acceptors (Lipinski definition) is 8. The first-order chi connectivity index (χ1) is 13.0. The van der Waals surface area contributed by atoms with Crippen molar-refractivity contribution in [3.63, 3.8) is 0 Å². The number of hydrogen-bond donors (Lipinski definition) is 3. The topological polar surface area (TPSA) is 171 Å². The fraction of sp³-hybridized carbons (Fsp3) is 0. The monoisotopic (exact) mass is 384 g/mol. The lowest BCUT2D eigenvalue weighted by atomic mass is 10.3. The van der Waals surface area contributed by atoms with Crippen LogP contribution in [-0.2, 0) is 0 Å². The van der Waals surface area contributed by atoms with Crippen LogP contribution in [0.15, 0.2) is 71.7 Å². The molecule has 3 heterocycles. The average Bonchev–Trinajstić information content (AvgIpc) is 3.18. The maximum atomic E-state index is 10.9. The van der Waals surface area contributed by atoms with E-state index in [0.717, 1.165) is 5.56 Å². The summed E-state index contributed by atoms with van der Waals surface area (Å²) in [5.41, 5.74) is 1.51. The van der Waals surface area contributed by atoms with Crippen molar-refractivity contribution in [2.24, 2.45) is 0 Å². The van der Waals surface area contributed by atoms with Crippen molar-refractivity contribution in [3.8, 4) is 40.2 Å². The van der Waals surface area contributed by atoms with Gasteiger partial charge in [-0.05, 0) is 24.3 Å². The number of phenolic OH excluding ortho intramolecular Hbond substituents is 3. The third kappa shape index (κ3) is 4.71. The molecule has 4 aromatic rings. The Labute approximate surface area is 158 Å². The van der Waals surface area contributed by atoms with E-state index in [-0.39, 0.29) is 17.0 Å². The fourth-order valence-corrected chi connectivity index (χ4v) is 2.03. The van der Waals surface area contributed by atoms with Gasteiger partial charge in [-0.25, -0.2) is 0 Å². The molecule has 0 bridgehead atoms. The van der Waals surface area contributed by atoms with Crippen molar-refractivity contribution in [1.82, 2.24) is 15.2 Å². The van der Waals surface area contributed by atoms with E-state index in [0.29, 0.717) is 22.1 Å². The normalized spacial score (nSPS) is 9.71. The lowest BCUT2D eigenvalue weighted by Gasteiger charge is -1.96. The first-order valence-corrected chi connectivity index (χ1v) is 7.67. The Bertz CT molecular complexity index is 1000. The Hall–Kier alpha value is -4.18. The molecule has 0 unspecified atom stereocenters. The molecule has 0 saturated carbocycles. The molecule has 0 saturated heterocycles. The smallest absolute Gasteiger partial charge is 0.248 e. The van der Waals surface area contributed by atoms with Crippen LogP contribution in [-0.4, -0.2) is 36.0 Å². The lowest BCUT2D eigenvalue weighted by molar-refractivity contribution is -0.605. The van der Waals surface area contributed by atoms with Crippen molar-refractivity contribution in [2.75, 3.05) is 0 Å². The summed E-state index contributed by atoms with van der Waals surface area (Å²) in [6.45, 7) is 0. The first-order valence-electron chi connectivity index (χ1n) is 7.67. The summed E-state index contributed by atoms with van der Waals surface area (Å²) in [5.74, 6) is -0.295. The molecule has 10 heteroatoms. The quantitative estimate of drug-likeness (QED) is 0.264. The summed E-state index contributed by atoms with van der Waals surface area (Å²) >= 11 is 0. The number of phenols is 3. The highest BCUT2D eigenvalue weighted by molar-refractivity contribution is 5.56. The molecule has 0 atom stereocenters. The van der Waals surface area contributed by atoms with Gasteiger partial charge in [0.05, 0.1) is 5.56 Å². The number of benzene rings is 1. The van der Waals surface area contributed by atoms with E-state index in [1.807, 2.05) is 0 Å². The SMILES string of the molecule is O.Oc1cccc(O)c1O.[O-][n+]1ccc(-c2nnc(-c3ccncc3)o2)cc1. The molecular formula is C18H16N4O6. The van der Waals surface area contributed by atoms with Gasteiger partial charge in [0.1, 0.15) is 0 Å². The number of pyridine rings is 2. The second kappa shape index (κ2) is 8.96. The van der Waals surface area contributed by atoms with Gasteiger partial charge in [0, 0.05) is 30.1 Å². The van der Waals surface area contributed by atoms with Crippen LogP contribution in [0.25, 0.3) is 22.9 Å². The Morgan fingerprint density at radius 2 is 1.29 bits per heavy atom. The van der Waals surface area contributed by atoms with Gasteiger partial charge in [-0.1, -0.05) is 6.07 Å². The third-order valence-corrected chi connectivity index (χ3v) is 3.39. The largest absolute Gasteiger partial charge is 0.619 e. The molecule has 28 heavy (non-hydrogen) atoms. The Kier molecular flexibility index (Phi) is 6.44. The molecule has 0 aliphatic carbocycles. The van der Waals surface area contributed by atoms with Crippen molar-refractivity contribution < 1.29 is 29.9 Å². The van der Waals surface area contributed by atoms with Crippen molar-refractivity contribution in [3.05, 3.63) is 72.5 Å². The molecule has 0 radical (unpaired) electrons. The van der Waals surface area contributed by atoms with Crippen LogP contribution in [0, 0.1) is 5.21 Å². The van der Waals surface area contributed by atoms with E-state index in [1.165, 1.54) is 30.6 Å². The van der Waals surface area contributed by atoms with Gasteiger partial charge in [0.2, 0.25) is 11.8 Å². The van der Waals surface area contributed by atoms with Gasteiger partial charge in [-0.15, -0.1) is 10.2 Å². The minimum absolute atomic E-state index is 0. The van der Waals surface area contributed by atoms with E-state index < -0.39 is 5.75 Å². The summed E-state index contributed by atoms with van der Waals surface area (Å²) < 4.78 is 6.23. The summed E-state index contributed by atoms with van der Waals surface area (Å²) in [4.78, 5) is 3.92. The first kappa shape index (κ1) is 20.1. The Balaban J connectivity index is 0.000000239. The van der Waals surface area contributed by atoms with Crippen molar-refractivity contribution in [2.45, 2.75) is 0 Å². The molecule has 3 aromatic heterocycles. The molecule has 1 aromatic carbocycles. The minimum Gasteiger partial charge on any atom is -0.619 e. The van der Waals surface area contributed by atoms with Gasteiger partial charge in [-0.3, -0.25) is 4.98 Å². The second-order valence-electron chi connectivity index (χ2n) is 5.24. The van der Waals surface area contributed by atoms with E-state index in [9.17, 15) is 5.21 Å². The predicted molar refractivity (Wildman–Crippen MR) is 97.0 cm³/mol. The molecule has 4 rings (SSSR count). The van der Waals surface area contributed by atoms with Crippen LogP contribution >= 0.6 is 0 Å². The van der Waals surface area contributed by atoms with Gasteiger partial charge >= 0.3 is 0 Å². The van der Waals surface area contributed by atoms with Crippen molar-refractivity contribution in [1.29, 1.82) is 0 Å². The van der Waals surface area contributed by atoms with Crippen LogP contribution in [0.1, 0.15) is 0 Å². The predicted octanol–water partition coefficient (Wildman–Crippen LogP) is 1.41. The number of nitrogens with zero attached hydrogens (tertiary/aromatic N) is 4. The zero-order valence-electron chi connectivity index (χ0n) is 14.3. The lowest BCUT2D eigenvalue weighted by Crippen LogP contribution is -2.23. The molecule has 0 spiro atoms. The van der Waals surface area contributed by atoms with E-state index in [4.69, 9.17) is 19.7 Å². The number of aromatic hydroxyl groups is 3. The fourth-order valence-electron chi connectivity index (χ4n) is 2.03. The van der Waals surface area contributed by atoms with E-state index in [1.54, 1.807) is 36.7 Å². The molecule has 10 nitrogen and oxygen atoms in total. The van der Waals surface area contributed by atoms with Crippen molar-refractivity contribution >= 4 is 0 Å². The zero-order chi connectivity index (χ0) is 19.2. The van der Waals surface area contributed by atoms with Gasteiger partial charge in [-0.2, -0.15) is 4.73 Å². The highest BCUT2D eigenvalue weighted by Gasteiger charge is 2.10. The second-order valence-corrected chi connectivity index (χ2v) is 5.24. The average molecular weight is 384 g/mol. The maximum absolute atomic E-state index is 10.9. The molecule has 5 N–H and O–H groups in total. The number of para-hydroxylation sites is 1. The van der Waals surface area contributed by atoms with Gasteiger partial charge in [0.25, 0.3) is 0 Å².